The summed E-state index contributed by atoms with van der Waals surface area (Å²) in [6.45, 7) is 0. The number of amides is 1. The minimum Gasteiger partial charge on any atom is -0.465 e. The van der Waals surface area contributed by atoms with E-state index in [9.17, 15) is 4.79 Å². The first-order valence-corrected chi connectivity index (χ1v) is 6.69. The minimum absolute atomic E-state index is 0.388. The summed E-state index contributed by atoms with van der Waals surface area (Å²) < 4.78 is 5.23. The molecule has 0 fully saturated rings. The van der Waals surface area contributed by atoms with Gasteiger partial charge in [0.15, 0.2) is 0 Å². The first-order valence-electron chi connectivity index (χ1n) is 6.32. The van der Waals surface area contributed by atoms with E-state index >= 15 is 0 Å². The lowest BCUT2D eigenvalue weighted by atomic mass is 10.2. The van der Waals surface area contributed by atoms with Gasteiger partial charge >= 0.3 is 6.09 Å². The average Bonchev–Trinajstić information content (AvgIpc) is 2.98. The maximum atomic E-state index is 10.5. The normalized spacial score (nSPS) is 10.4. The SMILES string of the molecule is O=C(O)Nc1ccc(-c2noc(-c3ccc(Cl)cc3)n2)cc1. The topological polar surface area (TPSA) is 88.2 Å². The van der Waals surface area contributed by atoms with Crippen molar-refractivity contribution in [3.05, 3.63) is 53.6 Å². The van der Waals surface area contributed by atoms with Gasteiger partial charge in [0, 0.05) is 21.8 Å². The molecule has 0 atom stereocenters. The number of anilines is 1. The van der Waals surface area contributed by atoms with E-state index in [1.54, 1.807) is 48.5 Å². The van der Waals surface area contributed by atoms with E-state index in [1.165, 1.54) is 0 Å². The van der Waals surface area contributed by atoms with Gasteiger partial charge in [-0.1, -0.05) is 16.8 Å². The van der Waals surface area contributed by atoms with E-state index in [-0.39, 0.29) is 0 Å². The van der Waals surface area contributed by atoms with Gasteiger partial charge < -0.3 is 9.63 Å². The van der Waals surface area contributed by atoms with E-state index in [2.05, 4.69) is 15.5 Å². The lowest BCUT2D eigenvalue weighted by Crippen LogP contribution is -2.06. The summed E-state index contributed by atoms with van der Waals surface area (Å²) in [7, 11) is 0. The molecule has 0 bridgehead atoms. The number of halogens is 1. The molecule has 1 amide bonds. The van der Waals surface area contributed by atoms with Gasteiger partial charge in [0.05, 0.1) is 0 Å². The highest BCUT2D eigenvalue weighted by molar-refractivity contribution is 6.30. The average molecular weight is 316 g/mol. The van der Waals surface area contributed by atoms with E-state index in [1.807, 2.05) is 0 Å². The van der Waals surface area contributed by atoms with Crippen LogP contribution < -0.4 is 5.32 Å². The first-order chi connectivity index (χ1) is 10.6. The summed E-state index contributed by atoms with van der Waals surface area (Å²) >= 11 is 5.84. The molecule has 2 aromatic carbocycles. The van der Waals surface area contributed by atoms with Crippen LogP contribution in [0.1, 0.15) is 0 Å². The number of carbonyl (C=O) groups is 1. The molecular weight excluding hydrogens is 306 g/mol. The summed E-state index contributed by atoms with van der Waals surface area (Å²) in [6.07, 6.45) is -1.11. The molecule has 0 radical (unpaired) electrons. The van der Waals surface area contributed by atoms with E-state index in [0.29, 0.717) is 22.4 Å². The Balaban J connectivity index is 1.84. The molecule has 1 heterocycles. The molecule has 0 saturated carbocycles. The Morgan fingerprint density at radius 3 is 2.32 bits per heavy atom. The summed E-state index contributed by atoms with van der Waals surface area (Å²) in [5.41, 5.74) is 1.96. The molecule has 110 valence electrons. The van der Waals surface area contributed by atoms with Crippen LogP contribution in [-0.4, -0.2) is 21.3 Å². The van der Waals surface area contributed by atoms with Gasteiger partial charge in [-0.05, 0) is 48.5 Å². The van der Waals surface area contributed by atoms with Crippen molar-refractivity contribution >= 4 is 23.4 Å². The standard InChI is InChI=1S/C15H10ClN3O3/c16-11-5-1-10(2-6-11)14-18-13(19-22-14)9-3-7-12(8-4-9)17-15(20)21/h1-8,17H,(H,20,21). The summed E-state index contributed by atoms with van der Waals surface area (Å²) in [6, 6.07) is 13.7. The Bertz CT molecular complexity index is 798. The Morgan fingerprint density at radius 2 is 1.68 bits per heavy atom. The molecule has 0 unspecified atom stereocenters. The van der Waals surface area contributed by atoms with Crippen LogP contribution in [0.4, 0.5) is 10.5 Å². The first kappa shape index (κ1) is 14.1. The number of nitrogens with one attached hydrogen (secondary N) is 1. The zero-order valence-electron chi connectivity index (χ0n) is 11.2. The molecule has 7 heteroatoms. The van der Waals surface area contributed by atoms with E-state index < -0.39 is 6.09 Å². The number of carboxylic acid groups (broad SMARTS) is 1. The number of nitrogens with zero attached hydrogens (tertiary/aromatic N) is 2. The molecular formula is C15H10ClN3O3. The van der Waals surface area contributed by atoms with Crippen LogP contribution in [0.15, 0.2) is 53.1 Å². The predicted octanol–water partition coefficient (Wildman–Crippen LogP) is 4.15. The fourth-order valence-electron chi connectivity index (χ4n) is 1.88. The van der Waals surface area contributed by atoms with Crippen molar-refractivity contribution in [2.24, 2.45) is 0 Å². The molecule has 3 aromatic rings. The lowest BCUT2D eigenvalue weighted by Gasteiger charge is -2.00. The summed E-state index contributed by atoms with van der Waals surface area (Å²) in [4.78, 5) is 14.9. The number of hydrogen-bond donors (Lipinski definition) is 2. The number of benzene rings is 2. The molecule has 0 aliphatic heterocycles. The van der Waals surface area contributed by atoms with Crippen molar-refractivity contribution in [2.75, 3.05) is 5.32 Å². The van der Waals surface area contributed by atoms with Crippen molar-refractivity contribution in [3.8, 4) is 22.8 Å². The van der Waals surface area contributed by atoms with Crippen molar-refractivity contribution in [1.29, 1.82) is 0 Å². The van der Waals surface area contributed by atoms with Crippen LogP contribution in [-0.2, 0) is 0 Å². The molecule has 0 spiro atoms. The van der Waals surface area contributed by atoms with Crippen molar-refractivity contribution in [2.45, 2.75) is 0 Å². The van der Waals surface area contributed by atoms with Crippen LogP contribution in [0.5, 0.6) is 0 Å². The second-order valence-electron chi connectivity index (χ2n) is 4.44. The van der Waals surface area contributed by atoms with Crippen molar-refractivity contribution in [3.63, 3.8) is 0 Å². The Morgan fingerprint density at radius 1 is 1.05 bits per heavy atom. The second kappa shape index (κ2) is 5.87. The molecule has 6 nitrogen and oxygen atoms in total. The van der Waals surface area contributed by atoms with Crippen LogP contribution >= 0.6 is 11.6 Å². The van der Waals surface area contributed by atoms with E-state index in [4.69, 9.17) is 21.2 Å². The molecule has 3 rings (SSSR count). The highest BCUT2D eigenvalue weighted by Crippen LogP contribution is 2.24. The van der Waals surface area contributed by atoms with Gasteiger partial charge in [0.25, 0.3) is 5.89 Å². The van der Waals surface area contributed by atoms with Crippen LogP contribution in [0.25, 0.3) is 22.8 Å². The quantitative estimate of drug-likeness (QED) is 0.758. The predicted molar refractivity (Wildman–Crippen MR) is 81.8 cm³/mol. The third-order valence-electron chi connectivity index (χ3n) is 2.91. The molecule has 0 aliphatic rings. The van der Waals surface area contributed by atoms with Crippen LogP contribution in [0, 0.1) is 0 Å². The Labute approximate surface area is 130 Å². The lowest BCUT2D eigenvalue weighted by molar-refractivity contribution is 0.210. The van der Waals surface area contributed by atoms with Crippen molar-refractivity contribution < 1.29 is 14.4 Å². The van der Waals surface area contributed by atoms with E-state index in [0.717, 1.165) is 11.1 Å². The van der Waals surface area contributed by atoms with Gasteiger partial charge in [-0.25, -0.2) is 4.79 Å². The molecule has 22 heavy (non-hydrogen) atoms. The third kappa shape index (κ3) is 3.07. The largest absolute Gasteiger partial charge is 0.465 e. The second-order valence-corrected chi connectivity index (χ2v) is 4.87. The van der Waals surface area contributed by atoms with Gasteiger partial charge in [-0.2, -0.15) is 4.98 Å². The summed E-state index contributed by atoms with van der Waals surface area (Å²) in [5, 5.41) is 15.5. The zero-order chi connectivity index (χ0) is 15.5. The highest BCUT2D eigenvalue weighted by Gasteiger charge is 2.10. The van der Waals surface area contributed by atoms with Crippen molar-refractivity contribution in [1.82, 2.24) is 10.1 Å². The fourth-order valence-corrected chi connectivity index (χ4v) is 2.00. The Kier molecular flexibility index (Phi) is 3.76. The molecule has 0 saturated heterocycles. The fraction of sp³-hybridized carbons (Fsp3) is 0. The van der Waals surface area contributed by atoms with Crippen LogP contribution in [0.3, 0.4) is 0 Å². The molecule has 2 N–H and O–H groups in total. The van der Waals surface area contributed by atoms with Crippen LogP contribution in [0.2, 0.25) is 5.02 Å². The van der Waals surface area contributed by atoms with Gasteiger partial charge in [-0.3, -0.25) is 5.32 Å². The summed E-state index contributed by atoms with van der Waals surface area (Å²) in [5.74, 6) is 0.811. The van der Waals surface area contributed by atoms with Gasteiger partial charge in [0.2, 0.25) is 5.82 Å². The number of hydrogen-bond acceptors (Lipinski definition) is 4. The monoisotopic (exact) mass is 315 g/mol. The highest BCUT2D eigenvalue weighted by atomic mass is 35.5. The number of aromatic nitrogens is 2. The molecule has 0 aliphatic carbocycles. The van der Waals surface area contributed by atoms with Gasteiger partial charge in [0.1, 0.15) is 0 Å². The third-order valence-corrected chi connectivity index (χ3v) is 3.16. The maximum absolute atomic E-state index is 10.5. The minimum atomic E-state index is -1.11. The van der Waals surface area contributed by atoms with Gasteiger partial charge in [-0.15, -0.1) is 0 Å². The number of rotatable bonds is 3. The Hall–Kier alpha value is -2.86. The maximum Gasteiger partial charge on any atom is 0.409 e. The zero-order valence-corrected chi connectivity index (χ0v) is 11.9. The smallest absolute Gasteiger partial charge is 0.409 e. The molecule has 1 aromatic heterocycles.